The van der Waals surface area contributed by atoms with Crippen LogP contribution in [-0.4, -0.2) is 21.4 Å². The number of carbonyl (C=O) groups excluding carboxylic acids is 1. The van der Waals surface area contributed by atoms with Crippen molar-refractivity contribution in [2.45, 2.75) is 19.3 Å². The maximum absolute atomic E-state index is 13.1. The molecule has 0 spiro atoms. The molecular weight excluding hydrogens is 389 g/mol. The molecule has 0 atom stereocenters. The van der Waals surface area contributed by atoms with E-state index in [-0.39, 0.29) is 30.3 Å². The minimum atomic E-state index is -4.64. The number of alkyl halides is 3. The summed E-state index contributed by atoms with van der Waals surface area (Å²) in [5, 5.41) is 9.83. The van der Waals surface area contributed by atoms with E-state index in [9.17, 15) is 18.0 Å². The normalized spacial score (nSPS) is 11.4. The van der Waals surface area contributed by atoms with Crippen LogP contribution >= 0.6 is 0 Å². The molecule has 0 aliphatic carbocycles. The number of rotatable bonds is 5. The zero-order valence-electron chi connectivity index (χ0n) is 15.0. The van der Waals surface area contributed by atoms with Crippen LogP contribution in [0.3, 0.4) is 0 Å². The first-order chi connectivity index (χ1) is 13.7. The van der Waals surface area contributed by atoms with Crippen molar-refractivity contribution in [3.8, 4) is 11.6 Å². The van der Waals surface area contributed by atoms with Gasteiger partial charge in [-0.1, -0.05) is 6.07 Å². The molecule has 0 aliphatic heterocycles. The van der Waals surface area contributed by atoms with Crippen LogP contribution in [-0.2, 0) is 24.1 Å². The summed E-state index contributed by atoms with van der Waals surface area (Å²) in [5.74, 6) is -0.937. The monoisotopic (exact) mass is 406 g/mol. The summed E-state index contributed by atoms with van der Waals surface area (Å²) in [7, 11) is 0. The fraction of sp³-hybridized carbons (Fsp3) is 0.167. The molecule has 3 rings (SSSR count). The summed E-state index contributed by atoms with van der Waals surface area (Å²) in [4.78, 5) is 15.4. The second-order valence-corrected chi connectivity index (χ2v) is 6.10. The fourth-order valence-corrected chi connectivity index (χ4v) is 2.75. The lowest BCUT2D eigenvalue weighted by molar-refractivity contribution is -0.141. The Morgan fingerprint density at radius 2 is 2.03 bits per heavy atom. The minimum Gasteiger partial charge on any atom is -0.438 e. The maximum atomic E-state index is 13.1. The number of pyridine rings is 1. The van der Waals surface area contributed by atoms with Gasteiger partial charge in [-0.25, -0.2) is 4.98 Å². The van der Waals surface area contributed by atoms with E-state index in [2.05, 4.69) is 10.3 Å². The molecule has 3 aromatic rings. The van der Waals surface area contributed by atoms with Crippen LogP contribution in [0.5, 0.6) is 11.6 Å². The molecule has 1 amide bonds. The Bertz CT molecular complexity index is 1080. The van der Waals surface area contributed by atoms with Crippen molar-refractivity contribution in [1.82, 2.24) is 14.9 Å². The van der Waals surface area contributed by atoms with Crippen LogP contribution in [0.4, 0.5) is 13.2 Å². The second-order valence-electron chi connectivity index (χ2n) is 6.10. The van der Waals surface area contributed by atoms with Gasteiger partial charge in [0.1, 0.15) is 18.0 Å². The molecule has 2 heterocycles. The van der Waals surface area contributed by atoms with E-state index in [1.54, 1.807) is 35.0 Å². The van der Waals surface area contributed by atoms with E-state index in [1.807, 2.05) is 0 Å². The fourth-order valence-electron chi connectivity index (χ4n) is 2.75. The highest BCUT2D eigenvalue weighted by molar-refractivity contribution is 5.95. The van der Waals surface area contributed by atoms with E-state index in [4.69, 9.17) is 21.6 Å². The number of fused-ring (bicyclic) bond motifs is 1. The number of hydrogen-bond acceptors (Lipinski definition) is 5. The number of aromatic nitrogens is 2. The van der Waals surface area contributed by atoms with Gasteiger partial charge in [0.15, 0.2) is 5.96 Å². The number of carbonyl (C=O) groups is 1. The van der Waals surface area contributed by atoms with Crippen LogP contribution in [0.25, 0.3) is 10.9 Å². The van der Waals surface area contributed by atoms with Gasteiger partial charge in [-0.3, -0.25) is 15.5 Å². The highest BCUT2D eigenvalue weighted by atomic mass is 19.4. The second kappa shape index (κ2) is 7.80. The summed E-state index contributed by atoms with van der Waals surface area (Å²) in [5.41, 5.74) is 10.4. The largest absolute Gasteiger partial charge is 0.438 e. The van der Waals surface area contributed by atoms with Gasteiger partial charge in [0.05, 0.1) is 5.52 Å². The Labute approximate surface area is 162 Å². The lowest BCUT2D eigenvalue weighted by Gasteiger charge is -2.12. The third-order valence-electron chi connectivity index (χ3n) is 3.96. The van der Waals surface area contributed by atoms with Crippen molar-refractivity contribution >= 4 is 22.8 Å². The first kappa shape index (κ1) is 20.1. The number of amides is 1. The average Bonchev–Trinajstić information content (AvgIpc) is 3.04. The van der Waals surface area contributed by atoms with E-state index in [0.29, 0.717) is 10.9 Å². The number of nitrogens with one attached hydrogen (secondary N) is 2. The molecule has 6 N–H and O–H groups in total. The topological polar surface area (TPSA) is 132 Å². The molecule has 0 saturated heterocycles. The Hall–Kier alpha value is -3.60. The minimum absolute atomic E-state index is 0.103. The highest BCUT2D eigenvalue weighted by Gasteiger charge is 2.33. The molecule has 0 unspecified atom stereocenters. The first-order valence-corrected chi connectivity index (χ1v) is 8.35. The van der Waals surface area contributed by atoms with Gasteiger partial charge < -0.3 is 20.8 Å². The van der Waals surface area contributed by atoms with Gasteiger partial charge >= 0.3 is 6.18 Å². The van der Waals surface area contributed by atoms with Crippen molar-refractivity contribution in [2.75, 3.05) is 0 Å². The quantitative estimate of drug-likeness (QED) is 0.381. The smallest absolute Gasteiger partial charge is 0.433 e. The van der Waals surface area contributed by atoms with Crippen LogP contribution in [0.2, 0.25) is 0 Å². The van der Waals surface area contributed by atoms with Crippen molar-refractivity contribution in [3.63, 3.8) is 0 Å². The number of nitrogens with two attached hydrogens (primary N) is 2. The lowest BCUT2D eigenvalue weighted by atomic mass is 10.2. The number of halogens is 3. The molecular formula is C18H17F3N6O2. The third kappa shape index (κ3) is 4.63. The SMILES string of the molecule is N=C(N)NC(=O)Cn1ccc2c(Oc3cc(CN)cc(C(F)(F)F)n3)cccc21. The van der Waals surface area contributed by atoms with Crippen LogP contribution < -0.4 is 21.5 Å². The number of benzene rings is 1. The molecule has 0 saturated carbocycles. The van der Waals surface area contributed by atoms with Crippen molar-refractivity contribution in [2.24, 2.45) is 11.5 Å². The number of ether oxygens (including phenoxy) is 1. The van der Waals surface area contributed by atoms with Crippen molar-refractivity contribution in [1.29, 1.82) is 5.41 Å². The zero-order valence-corrected chi connectivity index (χ0v) is 15.0. The van der Waals surface area contributed by atoms with E-state index < -0.39 is 23.7 Å². The summed E-state index contributed by atoms with van der Waals surface area (Å²) >= 11 is 0. The van der Waals surface area contributed by atoms with Crippen LogP contribution in [0, 0.1) is 5.41 Å². The van der Waals surface area contributed by atoms with Gasteiger partial charge in [0, 0.05) is 24.2 Å². The van der Waals surface area contributed by atoms with E-state index in [0.717, 1.165) is 6.07 Å². The molecule has 0 radical (unpaired) electrons. The lowest BCUT2D eigenvalue weighted by Crippen LogP contribution is -2.37. The standard InChI is InChI=1S/C18H17F3N6O2/c19-18(20,21)14-6-10(8-22)7-16(25-14)29-13-3-1-2-12-11(13)4-5-27(12)9-15(28)26-17(23)24/h1-7H,8-9,22H2,(H4,23,24,26,28). The van der Waals surface area contributed by atoms with E-state index in [1.165, 1.54) is 6.07 Å². The maximum Gasteiger partial charge on any atom is 0.433 e. The summed E-state index contributed by atoms with van der Waals surface area (Å²) in [6, 6.07) is 8.79. The molecule has 0 bridgehead atoms. The Kier molecular flexibility index (Phi) is 5.41. The van der Waals surface area contributed by atoms with Crippen molar-refractivity contribution in [3.05, 3.63) is 53.9 Å². The molecule has 29 heavy (non-hydrogen) atoms. The summed E-state index contributed by atoms with van der Waals surface area (Å²) in [6.07, 6.45) is -3.02. The van der Waals surface area contributed by atoms with Gasteiger partial charge in [0.25, 0.3) is 0 Å². The summed E-state index contributed by atoms with van der Waals surface area (Å²) in [6.45, 7) is -0.209. The average molecular weight is 406 g/mol. The number of hydrogen-bond donors (Lipinski definition) is 4. The Morgan fingerprint density at radius 3 is 2.69 bits per heavy atom. The Morgan fingerprint density at radius 1 is 1.28 bits per heavy atom. The molecule has 0 aliphatic rings. The van der Waals surface area contributed by atoms with Gasteiger partial charge in [-0.15, -0.1) is 0 Å². The molecule has 11 heteroatoms. The first-order valence-electron chi connectivity index (χ1n) is 8.35. The molecule has 152 valence electrons. The predicted octanol–water partition coefficient (Wildman–Crippen LogP) is 2.32. The summed E-state index contributed by atoms with van der Waals surface area (Å²) < 4.78 is 46.4. The molecule has 1 aromatic carbocycles. The Balaban J connectivity index is 1.94. The molecule has 0 fully saturated rings. The third-order valence-corrected chi connectivity index (χ3v) is 3.96. The van der Waals surface area contributed by atoms with Gasteiger partial charge in [-0.2, -0.15) is 13.2 Å². The number of nitrogens with zero attached hydrogens (tertiary/aromatic N) is 2. The van der Waals surface area contributed by atoms with Gasteiger partial charge in [0.2, 0.25) is 11.8 Å². The van der Waals surface area contributed by atoms with E-state index >= 15 is 0 Å². The molecule has 8 nitrogen and oxygen atoms in total. The number of guanidine groups is 1. The zero-order chi connectivity index (χ0) is 21.2. The van der Waals surface area contributed by atoms with Gasteiger partial charge in [-0.05, 0) is 29.8 Å². The van der Waals surface area contributed by atoms with Crippen LogP contribution in [0.1, 0.15) is 11.3 Å². The highest BCUT2D eigenvalue weighted by Crippen LogP contribution is 2.33. The van der Waals surface area contributed by atoms with Crippen molar-refractivity contribution < 1.29 is 22.7 Å². The molecule has 2 aromatic heterocycles. The predicted molar refractivity (Wildman–Crippen MR) is 99.2 cm³/mol. The van der Waals surface area contributed by atoms with Crippen LogP contribution in [0.15, 0.2) is 42.6 Å².